The number of carbonyl (C=O) groups is 2. The van der Waals surface area contributed by atoms with Gasteiger partial charge >= 0.3 is 0 Å². The fraction of sp³-hybridized carbons (Fsp3) is 0.690. The molecule has 3 fully saturated rings. The number of hydrogen-bond acceptors (Lipinski definition) is 9. The van der Waals surface area contributed by atoms with Gasteiger partial charge in [0.2, 0.25) is 11.8 Å². The first kappa shape index (κ1) is 43.5. The molecule has 2 saturated heterocycles. The fourth-order valence-corrected chi connectivity index (χ4v) is 10.4. The van der Waals surface area contributed by atoms with Crippen LogP contribution in [0.2, 0.25) is 18.1 Å². The van der Waals surface area contributed by atoms with Gasteiger partial charge in [0, 0.05) is 45.2 Å². The number of hydrogen-bond donors (Lipinski definition) is 2. The second kappa shape index (κ2) is 16.5. The summed E-state index contributed by atoms with van der Waals surface area (Å²) in [5.41, 5.74) is 3.67. The minimum absolute atomic E-state index is 0.0351. The number of nitrogens with zero attached hydrogens (tertiary/aromatic N) is 6. The van der Waals surface area contributed by atoms with Crippen molar-refractivity contribution >= 4 is 31.5 Å². The molecule has 1 saturated carbocycles. The number of aliphatic hydroxyl groups excluding tert-OH is 1. The normalized spacial score (nSPS) is 23.8. The van der Waals surface area contributed by atoms with Crippen molar-refractivity contribution in [2.45, 2.75) is 136 Å². The van der Waals surface area contributed by atoms with Crippen LogP contribution in [0.15, 0.2) is 36.0 Å². The first-order valence-electron chi connectivity index (χ1n) is 20.5. The topological polar surface area (TPSA) is 126 Å². The maximum atomic E-state index is 14.8. The molecule has 11 nitrogen and oxygen atoms in total. The number of halogens is 2. The summed E-state index contributed by atoms with van der Waals surface area (Å²) in [5, 5.41) is 21.7. The first-order valence-corrected chi connectivity index (χ1v) is 24.3. The van der Waals surface area contributed by atoms with Crippen LogP contribution in [0, 0.1) is 23.7 Å². The third kappa shape index (κ3) is 9.69. The molecule has 6 rings (SSSR count). The third-order valence-electron chi connectivity index (χ3n) is 13.0. The molecule has 1 aliphatic carbocycles. The monoisotopic (exact) mass is 827 g/mol. The van der Waals surface area contributed by atoms with E-state index in [0.29, 0.717) is 37.7 Å². The van der Waals surface area contributed by atoms with Crippen LogP contribution >= 0.6 is 11.3 Å². The molecule has 3 aliphatic rings. The van der Waals surface area contributed by atoms with Gasteiger partial charge in [-0.1, -0.05) is 71.0 Å². The highest BCUT2D eigenvalue weighted by Gasteiger charge is 2.71. The Morgan fingerprint density at radius 1 is 1.11 bits per heavy atom. The number of benzene rings is 1. The Bertz CT molecular complexity index is 1870. The molecular weight excluding hydrogens is 765 g/mol. The first-order chi connectivity index (χ1) is 26.6. The molecule has 314 valence electrons. The lowest BCUT2D eigenvalue weighted by molar-refractivity contribution is -0.141. The van der Waals surface area contributed by atoms with Crippen LogP contribution in [0.25, 0.3) is 10.4 Å². The highest BCUT2D eigenvalue weighted by molar-refractivity contribution is 7.13. The van der Waals surface area contributed by atoms with Gasteiger partial charge in [-0.05, 0) is 79.9 Å². The van der Waals surface area contributed by atoms with E-state index >= 15 is 0 Å². The molecule has 0 radical (unpaired) electrons. The van der Waals surface area contributed by atoms with Gasteiger partial charge in [0.15, 0.2) is 8.32 Å². The molecule has 15 heteroatoms. The summed E-state index contributed by atoms with van der Waals surface area (Å²) >= 11 is 1.60. The molecule has 57 heavy (non-hydrogen) atoms. The standard InChI is InChI=1S/C42H63F2N7O4SSi/c1-28-36(56-27-46-28)31-12-10-30(11-13-31)21-45-37(53)34-20-32(55-57(8,9)40(5,6)7)22-51(34)38(54)35(39(2,3)4)33-23-50(48-47-33)19-16-29-14-17-49(18-15-29)25-41(26-52)24-42(41,43)44/h10-13,23,27,29,32,34-35,52H,14-22,24-26H2,1-9H3,(H,45,53)/t32-,34+,35?,41-/m1/s1. The van der Waals surface area contributed by atoms with E-state index in [0.717, 1.165) is 54.0 Å². The van der Waals surface area contributed by atoms with Crippen molar-refractivity contribution in [1.29, 1.82) is 0 Å². The summed E-state index contributed by atoms with van der Waals surface area (Å²) in [6, 6.07) is 7.44. The molecule has 1 aromatic carbocycles. The van der Waals surface area contributed by atoms with E-state index in [1.165, 1.54) is 0 Å². The van der Waals surface area contributed by atoms with Crippen LogP contribution in [0.5, 0.6) is 0 Å². The number of carbonyl (C=O) groups excluding carboxylic acids is 2. The summed E-state index contributed by atoms with van der Waals surface area (Å²) in [5.74, 6) is -3.35. The Hall–Kier alpha value is -3.11. The van der Waals surface area contributed by atoms with Crippen LogP contribution in [0.3, 0.4) is 0 Å². The van der Waals surface area contributed by atoms with Crippen molar-refractivity contribution in [3.63, 3.8) is 0 Å². The predicted octanol–water partition coefficient (Wildman–Crippen LogP) is 7.27. The number of rotatable bonds is 14. The number of aromatic nitrogens is 4. The minimum atomic E-state index is -2.77. The van der Waals surface area contributed by atoms with E-state index in [1.54, 1.807) is 20.9 Å². The lowest BCUT2D eigenvalue weighted by Crippen LogP contribution is -2.49. The molecule has 4 heterocycles. The van der Waals surface area contributed by atoms with E-state index in [-0.39, 0.29) is 35.9 Å². The number of aliphatic hydroxyl groups is 1. The third-order valence-corrected chi connectivity index (χ3v) is 18.5. The van der Waals surface area contributed by atoms with E-state index in [9.17, 15) is 23.5 Å². The lowest BCUT2D eigenvalue weighted by Gasteiger charge is -2.38. The number of alkyl halides is 2. The summed E-state index contributed by atoms with van der Waals surface area (Å²) in [6.07, 6.45) is 4.43. The Labute approximate surface area is 342 Å². The Kier molecular flexibility index (Phi) is 12.6. The number of thiazole rings is 1. The SMILES string of the molecule is Cc1ncsc1-c1ccc(CNC(=O)[C@@H]2C[C@@H](O[Si](C)(C)C(C)(C)C)CN2C(=O)C(c2cn(CCC3CCN(C[C@@]4(CO)CC4(F)F)CC3)nn2)C(C)(C)C)cc1. The number of aryl methyl sites for hydroxylation is 2. The van der Waals surface area contributed by atoms with Gasteiger partial charge in [0.25, 0.3) is 5.92 Å². The number of amides is 2. The molecule has 1 unspecified atom stereocenters. The van der Waals surface area contributed by atoms with Gasteiger partial charge in [-0.3, -0.25) is 14.3 Å². The van der Waals surface area contributed by atoms with E-state index < -0.39 is 43.6 Å². The summed E-state index contributed by atoms with van der Waals surface area (Å²) in [7, 11) is -2.21. The van der Waals surface area contributed by atoms with E-state index in [4.69, 9.17) is 4.43 Å². The smallest absolute Gasteiger partial charge is 0.258 e. The highest BCUT2D eigenvalue weighted by Crippen LogP contribution is 2.60. The van der Waals surface area contributed by atoms with Crippen molar-refractivity contribution in [2.75, 3.05) is 32.8 Å². The van der Waals surface area contributed by atoms with Crippen molar-refractivity contribution in [3.05, 3.63) is 52.9 Å². The van der Waals surface area contributed by atoms with E-state index in [1.807, 2.05) is 51.5 Å². The van der Waals surface area contributed by atoms with Crippen LogP contribution in [-0.2, 0) is 27.1 Å². The number of piperidine rings is 1. The van der Waals surface area contributed by atoms with Crippen molar-refractivity contribution < 1.29 is 27.9 Å². The maximum absolute atomic E-state index is 14.8. The van der Waals surface area contributed by atoms with Crippen molar-refractivity contribution in [1.82, 2.24) is 35.1 Å². The molecule has 2 amide bonds. The maximum Gasteiger partial charge on any atom is 0.258 e. The predicted molar refractivity (Wildman–Crippen MR) is 221 cm³/mol. The molecule has 2 N–H and O–H groups in total. The van der Waals surface area contributed by atoms with E-state index in [2.05, 4.69) is 71.5 Å². The molecule has 3 aromatic rings. The van der Waals surface area contributed by atoms with Crippen LogP contribution in [-0.4, -0.2) is 106 Å². The van der Waals surface area contributed by atoms with Gasteiger partial charge < -0.3 is 24.6 Å². The molecular formula is C42H63F2N7O4SSi. The van der Waals surface area contributed by atoms with Crippen molar-refractivity contribution in [2.24, 2.45) is 16.7 Å². The number of likely N-dealkylation sites (tertiary alicyclic amines) is 2. The average Bonchev–Trinajstić information content (AvgIpc) is 3.66. The summed E-state index contributed by atoms with van der Waals surface area (Å²) < 4.78 is 36.5. The van der Waals surface area contributed by atoms with Crippen molar-refractivity contribution in [3.8, 4) is 10.4 Å². The van der Waals surface area contributed by atoms with Gasteiger partial charge in [-0.15, -0.1) is 16.4 Å². The Balaban J connectivity index is 1.12. The zero-order chi connectivity index (χ0) is 41.6. The Morgan fingerprint density at radius 2 is 1.77 bits per heavy atom. The van der Waals surface area contributed by atoms with Gasteiger partial charge in [-0.2, -0.15) is 0 Å². The fourth-order valence-electron chi connectivity index (χ4n) is 8.24. The zero-order valence-electron chi connectivity index (χ0n) is 35.3. The van der Waals surface area contributed by atoms with Gasteiger partial charge in [0.1, 0.15) is 6.04 Å². The molecule has 4 atom stereocenters. The summed E-state index contributed by atoms with van der Waals surface area (Å²) in [4.78, 5) is 38.2. The average molecular weight is 828 g/mol. The molecule has 0 bridgehead atoms. The molecule has 2 aromatic heterocycles. The molecule has 2 aliphatic heterocycles. The second-order valence-corrected chi connectivity index (χ2v) is 25.1. The summed E-state index contributed by atoms with van der Waals surface area (Å²) in [6.45, 7) is 21.5. The van der Waals surface area contributed by atoms with Gasteiger partial charge in [-0.25, -0.2) is 13.8 Å². The zero-order valence-corrected chi connectivity index (χ0v) is 37.1. The largest absolute Gasteiger partial charge is 0.412 e. The highest BCUT2D eigenvalue weighted by atomic mass is 32.1. The number of nitrogens with one attached hydrogen (secondary N) is 1. The molecule has 0 spiro atoms. The van der Waals surface area contributed by atoms with Crippen LogP contribution in [0.4, 0.5) is 8.78 Å². The van der Waals surface area contributed by atoms with Crippen LogP contribution in [0.1, 0.15) is 96.5 Å². The second-order valence-electron chi connectivity index (χ2n) is 19.5. The minimum Gasteiger partial charge on any atom is -0.412 e. The quantitative estimate of drug-likeness (QED) is 0.163. The van der Waals surface area contributed by atoms with Gasteiger partial charge in [0.05, 0.1) is 45.8 Å². The lowest BCUT2D eigenvalue weighted by atomic mass is 9.78. The van der Waals surface area contributed by atoms with Crippen LogP contribution < -0.4 is 5.32 Å². The Morgan fingerprint density at radius 3 is 2.33 bits per heavy atom.